The molecule has 0 atom stereocenters. The quantitative estimate of drug-likeness (QED) is 0.826. The van der Waals surface area contributed by atoms with Gasteiger partial charge in [-0.3, -0.25) is 4.79 Å². The smallest absolute Gasteiger partial charge is 0.303 e. The van der Waals surface area contributed by atoms with E-state index >= 15 is 0 Å². The van der Waals surface area contributed by atoms with Crippen LogP contribution in [0.15, 0.2) is 24.3 Å². The van der Waals surface area contributed by atoms with Crippen LogP contribution >= 0.6 is 0 Å². The van der Waals surface area contributed by atoms with E-state index in [0.29, 0.717) is 6.42 Å². The van der Waals surface area contributed by atoms with Gasteiger partial charge >= 0.3 is 5.97 Å². The maximum absolute atomic E-state index is 10.7. The van der Waals surface area contributed by atoms with E-state index in [2.05, 4.69) is 33.9 Å². The monoisotopic (exact) mass is 280 g/mol. The standard InChI is InChI=1S/C15H24O3Si/c1-15(2,3)19(4,5)18-13-9-7-6-8-12(13)10-11-14(16)17/h6-9H,10-11H2,1-5H3,(H,16,17). The third kappa shape index (κ3) is 4.38. The van der Waals surface area contributed by atoms with E-state index in [1.54, 1.807) is 0 Å². The van der Waals surface area contributed by atoms with Crippen molar-refractivity contribution in [3.8, 4) is 5.75 Å². The lowest BCUT2D eigenvalue weighted by atomic mass is 10.1. The number of aryl methyl sites for hydroxylation is 1. The highest BCUT2D eigenvalue weighted by Gasteiger charge is 2.39. The summed E-state index contributed by atoms with van der Waals surface area (Å²) in [6.45, 7) is 11.0. The van der Waals surface area contributed by atoms with Crippen LogP contribution in [0.5, 0.6) is 5.75 Å². The van der Waals surface area contributed by atoms with Gasteiger partial charge in [-0.1, -0.05) is 39.0 Å². The number of rotatable bonds is 5. The first kappa shape index (κ1) is 15.8. The van der Waals surface area contributed by atoms with Gasteiger partial charge in [0.2, 0.25) is 8.32 Å². The minimum atomic E-state index is -1.88. The summed E-state index contributed by atoms with van der Waals surface area (Å²) in [5.41, 5.74) is 0.981. The Balaban J connectivity index is 2.92. The third-order valence-corrected chi connectivity index (χ3v) is 8.09. The molecule has 0 fully saturated rings. The van der Waals surface area contributed by atoms with Crippen molar-refractivity contribution >= 4 is 14.3 Å². The zero-order chi connectivity index (χ0) is 14.7. The predicted octanol–water partition coefficient (Wildman–Crippen LogP) is 4.09. The lowest BCUT2D eigenvalue weighted by molar-refractivity contribution is -0.136. The minimum Gasteiger partial charge on any atom is -0.543 e. The normalized spacial score (nSPS) is 12.3. The Hall–Kier alpha value is -1.29. The van der Waals surface area contributed by atoms with E-state index in [9.17, 15) is 4.79 Å². The highest BCUT2D eigenvalue weighted by atomic mass is 28.4. The van der Waals surface area contributed by atoms with Crippen LogP contribution in [0.25, 0.3) is 0 Å². The molecule has 19 heavy (non-hydrogen) atoms. The van der Waals surface area contributed by atoms with Crippen molar-refractivity contribution < 1.29 is 14.3 Å². The molecule has 0 heterocycles. The lowest BCUT2D eigenvalue weighted by Gasteiger charge is -2.37. The van der Waals surface area contributed by atoms with E-state index in [-0.39, 0.29) is 11.5 Å². The summed E-state index contributed by atoms with van der Waals surface area (Å²) in [7, 11) is -1.88. The van der Waals surface area contributed by atoms with Crippen molar-refractivity contribution in [2.75, 3.05) is 0 Å². The Kier molecular flexibility index (Phi) is 4.79. The molecule has 1 aromatic rings. The zero-order valence-corrected chi connectivity index (χ0v) is 13.5. The van der Waals surface area contributed by atoms with E-state index in [4.69, 9.17) is 9.53 Å². The first-order valence-electron chi connectivity index (χ1n) is 6.62. The van der Waals surface area contributed by atoms with E-state index in [0.717, 1.165) is 11.3 Å². The SMILES string of the molecule is CC(C)(C)[Si](C)(C)Oc1ccccc1CCC(=O)O. The van der Waals surface area contributed by atoms with Crippen LogP contribution in [-0.4, -0.2) is 19.4 Å². The highest BCUT2D eigenvalue weighted by molar-refractivity contribution is 6.74. The van der Waals surface area contributed by atoms with E-state index < -0.39 is 14.3 Å². The van der Waals surface area contributed by atoms with Crippen molar-refractivity contribution in [3.05, 3.63) is 29.8 Å². The number of hydrogen-bond donors (Lipinski definition) is 1. The van der Waals surface area contributed by atoms with E-state index in [1.165, 1.54) is 0 Å². The summed E-state index contributed by atoms with van der Waals surface area (Å²) in [4.78, 5) is 10.7. The highest BCUT2D eigenvalue weighted by Crippen LogP contribution is 2.38. The average Bonchev–Trinajstić information content (AvgIpc) is 2.25. The number of aliphatic carboxylic acids is 1. The number of carbonyl (C=O) groups is 1. The van der Waals surface area contributed by atoms with Gasteiger partial charge < -0.3 is 9.53 Å². The summed E-state index contributed by atoms with van der Waals surface area (Å²) in [5.74, 6) is 0.0671. The third-order valence-electron chi connectivity index (χ3n) is 3.75. The molecule has 0 radical (unpaired) electrons. The fraction of sp³-hybridized carbons (Fsp3) is 0.533. The zero-order valence-electron chi connectivity index (χ0n) is 12.5. The summed E-state index contributed by atoms with van der Waals surface area (Å²) in [5, 5.41) is 8.93. The molecule has 0 bridgehead atoms. The Morgan fingerprint density at radius 2 is 1.84 bits per heavy atom. The lowest BCUT2D eigenvalue weighted by Crippen LogP contribution is -2.44. The van der Waals surface area contributed by atoms with Crippen LogP contribution < -0.4 is 4.43 Å². The van der Waals surface area contributed by atoms with Gasteiger partial charge in [0, 0.05) is 6.42 Å². The van der Waals surface area contributed by atoms with Gasteiger partial charge in [0.05, 0.1) is 0 Å². The second-order valence-electron chi connectivity index (χ2n) is 6.36. The van der Waals surface area contributed by atoms with Crippen LogP contribution in [0.3, 0.4) is 0 Å². The van der Waals surface area contributed by atoms with Gasteiger partial charge in [-0.15, -0.1) is 0 Å². The molecule has 0 amide bonds. The van der Waals surface area contributed by atoms with Crippen molar-refractivity contribution in [2.24, 2.45) is 0 Å². The summed E-state index contributed by atoms with van der Waals surface area (Å²) >= 11 is 0. The largest absolute Gasteiger partial charge is 0.543 e. The first-order valence-corrected chi connectivity index (χ1v) is 9.53. The Morgan fingerprint density at radius 1 is 1.26 bits per heavy atom. The van der Waals surface area contributed by atoms with Crippen molar-refractivity contribution in [2.45, 2.75) is 51.7 Å². The molecule has 1 N–H and O–H groups in total. The van der Waals surface area contributed by atoms with Crippen LogP contribution in [0, 0.1) is 0 Å². The second kappa shape index (κ2) is 5.78. The number of para-hydroxylation sites is 1. The fourth-order valence-electron chi connectivity index (χ4n) is 1.48. The Morgan fingerprint density at radius 3 is 2.37 bits per heavy atom. The number of hydrogen-bond acceptors (Lipinski definition) is 2. The molecule has 0 aliphatic carbocycles. The van der Waals surface area contributed by atoms with Crippen LogP contribution in [0.1, 0.15) is 32.8 Å². The first-order chi connectivity index (χ1) is 8.63. The summed E-state index contributed by atoms with van der Waals surface area (Å²) < 4.78 is 6.28. The molecular weight excluding hydrogens is 256 g/mol. The van der Waals surface area contributed by atoms with Crippen LogP contribution in [-0.2, 0) is 11.2 Å². The van der Waals surface area contributed by atoms with Gasteiger partial charge in [0.25, 0.3) is 0 Å². The molecule has 106 valence electrons. The molecule has 0 aromatic heterocycles. The number of carboxylic acid groups (broad SMARTS) is 1. The predicted molar refractivity (Wildman–Crippen MR) is 80.2 cm³/mol. The molecular formula is C15H24O3Si. The average molecular weight is 280 g/mol. The second-order valence-corrected chi connectivity index (χ2v) is 11.1. The summed E-state index contributed by atoms with van der Waals surface area (Å²) in [6, 6.07) is 7.76. The molecule has 1 aromatic carbocycles. The van der Waals surface area contributed by atoms with Crippen molar-refractivity contribution in [1.29, 1.82) is 0 Å². The number of benzene rings is 1. The summed E-state index contributed by atoms with van der Waals surface area (Å²) in [6.07, 6.45) is 0.651. The molecule has 0 spiro atoms. The topological polar surface area (TPSA) is 46.5 Å². The molecule has 4 heteroatoms. The Bertz CT molecular complexity index is 447. The van der Waals surface area contributed by atoms with Gasteiger partial charge in [-0.2, -0.15) is 0 Å². The minimum absolute atomic E-state index is 0.132. The molecule has 0 saturated carbocycles. The van der Waals surface area contributed by atoms with Gasteiger partial charge in [0.15, 0.2) is 0 Å². The maximum atomic E-state index is 10.7. The van der Waals surface area contributed by atoms with Crippen LogP contribution in [0.4, 0.5) is 0 Å². The van der Waals surface area contributed by atoms with Gasteiger partial charge in [-0.05, 0) is 36.2 Å². The van der Waals surface area contributed by atoms with Crippen molar-refractivity contribution in [3.63, 3.8) is 0 Å². The van der Waals surface area contributed by atoms with Crippen LogP contribution in [0.2, 0.25) is 18.1 Å². The molecule has 0 aliphatic rings. The maximum Gasteiger partial charge on any atom is 0.303 e. The van der Waals surface area contributed by atoms with E-state index in [1.807, 2.05) is 24.3 Å². The molecule has 1 rings (SSSR count). The van der Waals surface area contributed by atoms with Gasteiger partial charge in [-0.25, -0.2) is 0 Å². The molecule has 0 saturated heterocycles. The van der Waals surface area contributed by atoms with Crippen molar-refractivity contribution in [1.82, 2.24) is 0 Å². The molecule has 3 nitrogen and oxygen atoms in total. The molecule has 0 unspecified atom stereocenters. The number of carboxylic acids is 1. The Labute approximate surface area is 116 Å². The van der Waals surface area contributed by atoms with Gasteiger partial charge in [0.1, 0.15) is 5.75 Å². The fourth-order valence-corrected chi connectivity index (χ4v) is 2.53. The molecule has 0 aliphatic heterocycles.